The first-order valence-electron chi connectivity index (χ1n) is 6.23. The highest BCUT2D eigenvalue weighted by molar-refractivity contribution is 5.96. The van der Waals surface area contributed by atoms with E-state index in [2.05, 4.69) is 4.98 Å². The smallest absolute Gasteiger partial charge is 0.352 e. The van der Waals surface area contributed by atoms with Crippen LogP contribution in [-0.2, 0) is 0 Å². The number of carboxylic acids is 1. The summed E-state index contributed by atoms with van der Waals surface area (Å²) in [6.07, 6.45) is 0. The molecule has 0 radical (unpaired) electrons. The molecule has 0 saturated heterocycles. The summed E-state index contributed by atoms with van der Waals surface area (Å²) in [6.45, 7) is 0. The molecule has 22 heavy (non-hydrogen) atoms. The van der Waals surface area contributed by atoms with E-state index in [0.29, 0.717) is 10.9 Å². The van der Waals surface area contributed by atoms with Crippen molar-refractivity contribution in [3.05, 3.63) is 53.7 Å². The molecule has 0 spiro atoms. The Kier molecular flexibility index (Phi) is 3.17. The van der Waals surface area contributed by atoms with Gasteiger partial charge in [-0.2, -0.15) is 0 Å². The highest BCUT2D eigenvalue weighted by Crippen LogP contribution is 2.34. The number of halogens is 2. The molecule has 3 rings (SSSR count). The van der Waals surface area contributed by atoms with Gasteiger partial charge in [-0.25, -0.2) is 13.6 Å². The number of nitrogens with two attached hydrogens (primary N) is 1. The van der Waals surface area contributed by atoms with Crippen molar-refractivity contribution < 1.29 is 23.4 Å². The van der Waals surface area contributed by atoms with Crippen LogP contribution in [0.1, 0.15) is 10.5 Å². The molecule has 0 aliphatic carbocycles. The van der Waals surface area contributed by atoms with Crippen LogP contribution in [0.4, 0.5) is 14.5 Å². The number of rotatable bonds is 3. The number of benzene rings is 2. The summed E-state index contributed by atoms with van der Waals surface area (Å²) < 4.78 is 31.9. The van der Waals surface area contributed by atoms with Gasteiger partial charge < -0.3 is 20.6 Å². The number of anilines is 1. The minimum absolute atomic E-state index is 0.00990. The van der Waals surface area contributed by atoms with Crippen molar-refractivity contribution in [2.45, 2.75) is 0 Å². The van der Waals surface area contributed by atoms with Crippen LogP contribution in [0.2, 0.25) is 0 Å². The molecular weight excluding hydrogens is 294 g/mol. The standard InChI is InChI=1S/C15H10F2N2O3/c16-8-5-10(18)14(6-9(8)17)22-13-3-1-2-11-7(13)4-12(19-11)15(20)21/h1-6,19H,18H2,(H,20,21). The molecule has 112 valence electrons. The number of aromatic amines is 1. The molecule has 0 aliphatic heterocycles. The van der Waals surface area contributed by atoms with Crippen LogP contribution in [0, 0.1) is 11.6 Å². The average molecular weight is 304 g/mol. The molecule has 3 aromatic rings. The maximum Gasteiger partial charge on any atom is 0.352 e. The lowest BCUT2D eigenvalue weighted by Gasteiger charge is -2.10. The number of hydrogen-bond acceptors (Lipinski definition) is 3. The van der Waals surface area contributed by atoms with Gasteiger partial charge in [0.15, 0.2) is 17.4 Å². The minimum Gasteiger partial charge on any atom is -0.477 e. The van der Waals surface area contributed by atoms with Crippen LogP contribution >= 0.6 is 0 Å². The number of carbonyl (C=O) groups is 1. The minimum atomic E-state index is -1.12. The van der Waals surface area contributed by atoms with E-state index >= 15 is 0 Å². The normalized spacial score (nSPS) is 10.8. The summed E-state index contributed by atoms with van der Waals surface area (Å²) in [4.78, 5) is 13.7. The van der Waals surface area contributed by atoms with E-state index in [1.54, 1.807) is 18.2 Å². The highest BCUT2D eigenvalue weighted by atomic mass is 19.2. The van der Waals surface area contributed by atoms with Crippen LogP contribution in [-0.4, -0.2) is 16.1 Å². The number of nitrogen functional groups attached to an aromatic ring is 1. The second-order valence-electron chi connectivity index (χ2n) is 4.61. The predicted molar refractivity (Wildman–Crippen MR) is 76.1 cm³/mol. The van der Waals surface area contributed by atoms with Gasteiger partial charge in [0.1, 0.15) is 11.4 Å². The molecular formula is C15H10F2N2O3. The Morgan fingerprint density at radius 2 is 1.86 bits per heavy atom. The topological polar surface area (TPSA) is 88.3 Å². The Morgan fingerprint density at radius 3 is 2.59 bits per heavy atom. The first-order chi connectivity index (χ1) is 10.5. The molecule has 7 heteroatoms. The van der Waals surface area contributed by atoms with Gasteiger partial charge in [0.25, 0.3) is 0 Å². The van der Waals surface area contributed by atoms with Crippen molar-refractivity contribution >= 4 is 22.6 Å². The van der Waals surface area contributed by atoms with E-state index in [9.17, 15) is 13.6 Å². The molecule has 0 bridgehead atoms. The molecule has 4 N–H and O–H groups in total. The zero-order valence-corrected chi connectivity index (χ0v) is 11.1. The highest BCUT2D eigenvalue weighted by Gasteiger charge is 2.14. The van der Waals surface area contributed by atoms with Crippen LogP contribution in [0.15, 0.2) is 36.4 Å². The summed E-state index contributed by atoms with van der Waals surface area (Å²) in [6, 6.07) is 7.93. The van der Waals surface area contributed by atoms with Crippen LogP contribution < -0.4 is 10.5 Å². The first kappa shape index (κ1) is 13.9. The van der Waals surface area contributed by atoms with Gasteiger partial charge in [-0.3, -0.25) is 0 Å². The van der Waals surface area contributed by atoms with E-state index in [1.165, 1.54) is 6.07 Å². The second-order valence-corrected chi connectivity index (χ2v) is 4.61. The van der Waals surface area contributed by atoms with E-state index in [1.807, 2.05) is 0 Å². The predicted octanol–water partition coefficient (Wildman–Crippen LogP) is 3.52. The second kappa shape index (κ2) is 5.03. The maximum absolute atomic E-state index is 13.3. The molecule has 5 nitrogen and oxygen atoms in total. The summed E-state index contributed by atoms with van der Waals surface area (Å²) in [5.41, 5.74) is 6.07. The van der Waals surface area contributed by atoms with Crippen molar-refractivity contribution in [1.82, 2.24) is 4.98 Å². The lowest BCUT2D eigenvalue weighted by atomic mass is 10.2. The lowest BCUT2D eigenvalue weighted by molar-refractivity contribution is 0.0691. The molecule has 0 aliphatic rings. The number of aromatic carboxylic acids is 1. The average Bonchev–Trinajstić information content (AvgIpc) is 2.90. The zero-order chi connectivity index (χ0) is 15.9. The van der Waals surface area contributed by atoms with Gasteiger partial charge in [0, 0.05) is 23.0 Å². The summed E-state index contributed by atoms with van der Waals surface area (Å²) in [7, 11) is 0. The quantitative estimate of drug-likeness (QED) is 0.646. The SMILES string of the molecule is Nc1cc(F)c(F)cc1Oc1cccc2[nH]c(C(=O)O)cc12. The Balaban J connectivity index is 2.07. The van der Waals surface area contributed by atoms with Gasteiger partial charge in [-0.15, -0.1) is 0 Å². The molecule has 0 amide bonds. The molecule has 0 saturated carbocycles. The number of carboxylic acid groups (broad SMARTS) is 1. The summed E-state index contributed by atoms with van der Waals surface area (Å²) in [5.74, 6) is -3.05. The number of ether oxygens (including phenoxy) is 1. The lowest BCUT2D eigenvalue weighted by Crippen LogP contribution is -1.96. The van der Waals surface area contributed by atoms with Crippen molar-refractivity contribution in [2.75, 3.05) is 5.73 Å². The summed E-state index contributed by atoms with van der Waals surface area (Å²) >= 11 is 0. The van der Waals surface area contributed by atoms with E-state index in [4.69, 9.17) is 15.6 Å². The number of fused-ring (bicyclic) bond motifs is 1. The Morgan fingerprint density at radius 1 is 1.14 bits per heavy atom. The van der Waals surface area contributed by atoms with Gasteiger partial charge in [0.2, 0.25) is 0 Å². The summed E-state index contributed by atoms with van der Waals surface area (Å²) in [5, 5.41) is 9.48. The van der Waals surface area contributed by atoms with Gasteiger partial charge in [-0.1, -0.05) is 6.07 Å². The number of nitrogens with one attached hydrogen (secondary N) is 1. The zero-order valence-electron chi connectivity index (χ0n) is 11.1. The first-order valence-corrected chi connectivity index (χ1v) is 6.23. The fraction of sp³-hybridized carbons (Fsp3) is 0. The number of aromatic nitrogens is 1. The van der Waals surface area contributed by atoms with Crippen molar-refractivity contribution in [2.24, 2.45) is 0 Å². The number of hydrogen-bond donors (Lipinski definition) is 3. The maximum atomic E-state index is 13.3. The molecule has 0 fully saturated rings. The molecule has 0 atom stereocenters. The Hall–Kier alpha value is -3.09. The third-order valence-corrected chi connectivity index (χ3v) is 3.13. The number of H-pyrrole nitrogens is 1. The van der Waals surface area contributed by atoms with Crippen molar-refractivity contribution in [3.8, 4) is 11.5 Å². The van der Waals surface area contributed by atoms with Crippen LogP contribution in [0.5, 0.6) is 11.5 Å². The third-order valence-electron chi connectivity index (χ3n) is 3.13. The monoisotopic (exact) mass is 304 g/mol. The molecule has 1 heterocycles. The largest absolute Gasteiger partial charge is 0.477 e. The Labute approximate surface area is 122 Å². The van der Waals surface area contributed by atoms with E-state index in [0.717, 1.165) is 12.1 Å². The van der Waals surface area contributed by atoms with Crippen molar-refractivity contribution in [3.63, 3.8) is 0 Å². The Bertz CT molecular complexity index is 890. The third kappa shape index (κ3) is 2.32. The van der Waals surface area contributed by atoms with E-state index in [-0.39, 0.29) is 22.9 Å². The molecule has 0 unspecified atom stereocenters. The molecule has 2 aromatic carbocycles. The molecule has 1 aromatic heterocycles. The fourth-order valence-electron chi connectivity index (χ4n) is 2.08. The van der Waals surface area contributed by atoms with Crippen LogP contribution in [0.3, 0.4) is 0 Å². The van der Waals surface area contributed by atoms with Gasteiger partial charge >= 0.3 is 5.97 Å². The van der Waals surface area contributed by atoms with E-state index < -0.39 is 17.6 Å². The fourth-order valence-corrected chi connectivity index (χ4v) is 2.08. The van der Waals surface area contributed by atoms with Gasteiger partial charge in [0.05, 0.1) is 5.69 Å². The van der Waals surface area contributed by atoms with Crippen molar-refractivity contribution in [1.29, 1.82) is 0 Å². The van der Waals surface area contributed by atoms with Gasteiger partial charge in [-0.05, 0) is 18.2 Å². The van der Waals surface area contributed by atoms with Crippen LogP contribution in [0.25, 0.3) is 10.9 Å².